The lowest BCUT2D eigenvalue weighted by Gasteiger charge is -2.41. The van der Waals surface area contributed by atoms with Gasteiger partial charge in [-0.2, -0.15) is 0 Å². The highest BCUT2D eigenvalue weighted by atomic mass is 32.2. The molecule has 5 rings (SSSR count). The van der Waals surface area contributed by atoms with Gasteiger partial charge in [0.1, 0.15) is 5.70 Å². The van der Waals surface area contributed by atoms with Crippen molar-refractivity contribution in [1.29, 1.82) is 0 Å². The average molecular weight is 534 g/mol. The Morgan fingerprint density at radius 3 is 2.32 bits per heavy atom. The number of rotatable bonds is 5. The number of nitrogens with one attached hydrogen (secondary N) is 2. The average Bonchev–Trinajstić information content (AvgIpc) is 3.35. The van der Waals surface area contributed by atoms with Gasteiger partial charge in [-0.25, -0.2) is 8.42 Å². The first-order valence-corrected chi connectivity index (χ1v) is 15.6. The smallest absolute Gasteiger partial charge is 0.269 e. The number of benzene rings is 2. The Bertz CT molecular complexity index is 1320. The van der Waals surface area contributed by atoms with Gasteiger partial charge in [0, 0.05) is 36.7 Å². The van der Waals surface area contributed by atoms with Crippen LogP contribution in [0, 0.1) is 12.8 Å². The van der Waals surface area contributed by atoms with Gasteiger partial charge in [-0.1, -0.05) is 75.3 Å². The monoisotopic (exact) mass is 533 g/mol. The van der Waals surface area contributed by atoms with Crippen LogP contribution < -0.4 is 10.6 Å². The fourth-order valence-electron chi connectivity index (χ4n) is 6.10. The second-order valence-electron chi connectivity index (χ2n) is 11.2. The Hall–Kier alpha value is -2.77. The van der Waals surface area contributed by atoms with E-state index >= 15 is 0 Å². The number of aryl methyl sites for hydroxylation is 1. The fraction of sp³-hybridized carbons (Fsp3) is 0.484. The first kappa shape index (κ1) is 26.8. The number of hydrogen-bond acceptors (Lipinski definition) is 5. The molecule has 38 heavy (non-hydrogen) atoms. The molecule has 1 spiro atoms. The number of piperidine rings is 1. The van der Waals surface area contributed by atoms with Crippen molar-refractivity contribution in [3.8, 4) is 0 Å². The lowest BCUT2D eigenvalue weighted by atomic mass is 9.76. The van der Waals surface area contributed by atoms with Gasteiger partial charge >= 0.3 is 0 Å². The van der Waals surface area contributed by atoms with Crippen LogP contribution in [0.3, 0.4) is 0 Å². The van der Waals surface area contributed by atoms with E-state index in [1.54, 1.807) is 49.4 Å². The Labute approximate surface area is 226 Å². The zero-order valence-electron chi connectivity index (χ0n) is 22.3. The van der Waals surface area contributed by atoms with Gasteiger partial charge in [0.05, 0.1) is 9.79 Å². The molecule has 1 unspecified atom stereocenters. The molecule has 0 aromatic heterocycles. The molecular weight excluding hydrogens is 494 g/mol. The molecule has 3 aliphatic rings. The Balaban J connectivity index is 1.19. The summed E-state index contributed by atoms with van der Waals surface area (Å²) in [4.78, 5) is 18.3. The van der Waals surface area contributed by atoms with Crippen LogP contribution in [-0.4, -0.2) is 32.1 Å². The van der Waals surface area contributed by atoms with Crippen LogP contribution in [0.2, 0.25) is 0 Å². The molecule has 0 bridgehead atoms. The molecule has 1 amide bonds. The Morgan fingerprint density at radius 2 is 1.63 bits per heavy atom. The van der Waals surface area contributed by atoms with E-state index in [2.05, 4.69) is 10.6 Å². The molecule has 1 saturated carbocycles. The van der Waals surface area contributed by atoms with Gasteiger partial charge in [0.15, 0.2) is 0 Å². The zero-order chi connectivity index (χ0) is 26.6. The topological polar surface area (TPSA) is 87.6 Å². The molecule has 2 fully saturated rings. The van der Waals surface area contributed by atoms with Crippen molar-refractivity contribution in [2.24, 2.45) is 10.9 Å². The minimum absolute atomic E-state index is 0.132. The van der Waals surface area contributed by atoms with Gasteiger partial charge in [-0.15, -0.1) is 0 Å². The van der Waals surface area contributed by atoms with E-state index < -0.39 is 9.84 Å². The first-order chi connectivity index (χ1) is 18.4. The standard InChI is InChI=1S/C31H39N3O3S/c1-23-11-7-8-12-29(23)38(36,37)26-15-13-24(14-16-26)21-32-30(35)27-19-25-22-33-31(20-28(25)34-27)17-9-5-3-2-4-6-10-18-31/h7-8,11-16,19,25,33H,2-6,9-10,17-18,20-22H2,1H3,(H,32,35). The van der Waals surface area contributed by atoms with E-state index in [-0.39, 0.29) is 22.3 Å². The largest absolute Gasteiger partial charge is 0.347 e. The van der Waals surface area contributed by atoms with Crippen LogP contribution in [0.15, 0.2) is 75.1 Å². The summed E-state index contributed by atoms with van der Waals surface area (Å²) < 4.78 is 26.0. The molecule has 2 N–H and O–H groups in total. The summed E-state index contributed by atoms with van der Waals surface area (Å²) in [6.07, 6.45) is 14.5. The number of sulfone groups is 1. The normalized spacial score (nSPS) is 21.8. The molecule has 0 radical (unpaired) electrons. The van der Waals surface area contributed by atoms with Crippen molar-refractivity contribution >= 4 is 21.5 Å². The van der Waals surface area contributed by atoms with E-state index in [4.69, 9.17) is 4.99 Å². The molecule has 2 heterocycles. The summed E-state index contributed by atoms with van der Waals surface area (Å²) in [7, 11) is -3.58. The van der Waals surface area contributed by atoms with Crippen molar-refractivity contribution in [2.75, 3.05) is 6.54 Å². The molecule has 202 valence electrons. The number of aliphatic imine (C=N–C) groups is 1. The molecule has 2 aromatic rings. The summed E-state index contributed by atoms with van der Waals surface area (Å²) in [6, 6.07) is 13.7. The summed E-state index contributed by atoms with van der Waals surface area (Å²) in [5.74, 6) is 0.0197. The molecular formula is C31H39N3O3S. The van der Waals surface area contributed by atoms with Gasteiger partial charge in [-0.3, -0.25) is 9.79 Å². The molecule has 7 heteroatoms. The fourth-order valence-corrected chi connectivity index (χ4v) is 7.60. The van der Waals surface area contributed by atoms with Crippen molar-refractivity contribution in [3.63, 3.8) is 0 Å². The number of fused-ring (bicyclic) bond motifs is 1. The molecule has 1 saturated heterocycles. The summed E-state index contributed by atoms with van der Waals surface area (Å²) in [6.45, 7) is 2.97. The predicted molar refractivity (Wildman–Crippen MR) is 151 cm³/mol. The number of amides is 1. The quantitative estimate of drug-likeness (QED) is 0.520. The summed E-state index contributed by atoms with van der Waals surface area (Å²) in [5.41, 5.74) is 3.34. The molecule has 1 atom stereocenters. The van der Waals surface area contributed by atoms with Gasteiger partial charge in [0.2, 0.25) is 9.84 Å². The SMILES string of the molecule is Cc1ccccc1S(=O)(=O)c1ccc(CNC(=O)C2=CC3CNC4(CCCCCCCCC4)CC3=N2)cc1. The number of nitrogens with zero attached hydrogens (tertiary/aromatic N) is 1. The van der Waals surface area contributed by atoms with Crippen molar-refractivity contribution in [2.45, 2.75) is 93.0 Å². The van der Waals surface area contributed by atoms with Crippen LogP contribution in [-0.2, 0) is 21.2 Å². The van der Waals surface area contributed by atoms with Crippen molar-refractivity contribution in [3.05, 3.63) is 71.4 Å². The van der Waals surface area contributed by atoms with Crippen LogP contribution in [0.4, 0.5) is 0 Å². The maximum Gasteiger partial charge on any atom is 0.269 e. The highest BCUT2D eigenvalue weighted by molar-refractivity contribution is 7.91. The Morgan fingerprint density at radius 1 is 0.974 bits per heavy atom. The third-order valence-corrected chi connectivity index (χ3v) is 10.3. The maximum absolute atomic E-state index is 13.0. The number of carbonyl (C=O) groups is 1. The lowest BCUT2D eigenvalue weighted by molar-refractivity contribution is -0.117. The van der Waals surface area contributed by atoms with Gasteiger partial charge in [-0.05, 0) is 55.2 Å². The van der Waals surface area contributed by atoms with E-state index in [0.29, 0.717) is 17.1 Å². The minimum Gasteiger partial charge on any atom is -0.347 e. The van der Waals surface area contributed by atoms with E-state index in [9.17, 15) is 13.2 Å². The molecule has 1 aliphatic carbocycles. The highest BCUT2D eigenvalue weighted by Crippen LogP contribution is 2.35. The van der Waals surface area contributed by atoms with E-state index in [1.165, 1.54) is 57.8 Å². The van der Waals surface area contributed by atoms with E-state index in [1.807, 2.05) is 12.1 Å². The first-order valence-electron chi connectivity index (χ1n) is 14.1. The number of hydrogen-bond donors (Lipinski definition) is 2. The third kappa shape index (κ3) is 5.94. The molecule has 2 aromatic carbocycles. The van der Waals surface area contributed by atoms with Crippen molar-refractivity contribution < 1.29 is 13.2 Å². The molecule has 6 nitrogen and oxygen atoms in total. The second-order valence-corrected chi connectivity index (χ2v) is 13.1. The van der Waals surface area contributed by atoms with Gasteiger partial charge in [0.25, 0.3) is 5.91 Å². The predicted octanol–water partition coefficient (Wildman–Crippen LogP) is 5.66. The molecule has 2 aliphatic heterocycles. The maximum atomic E-state index is 13.0. The zero-order valence-corrected chi connectivity index (χ0v) is 23.2. The van der Waals surface area contributed by atoms with Crippen molar-refractivity contribution in [1.82, 2.24) is 10.6 Å². The Kier molecular flexibility index (Phi) is 8.15. The summed E-state index contributed by atoms with van der Waals surface area (Å²) >= 11 is 0. The second kappa shape index (κ2) is 11.5. The van der Waals surface area contributed by atoms with Crippen LogP contribution >= 0.6 is 0 Å². The van der Waals surface area contributed by atoms with Crippen LogP contribution in [0.1, 0.15) is 75.3 Å². The highest BCUT2D eigenvalue weighted by Gasteiger charge is 2.39. The third-order valence-electron chi connectivity index (χ3n) is 8.38. The number of carbonyl (C=O) groups excluding carboxylic acids is 1. The van der Waals surface area contributed by atoms with E-state index in [0.717, 1.165) is 29.8 Å². The lowest BCUT2D eigenvalue weighted by Crippen LogP contribution is -2.54. The van der Waals surface area contributed by atoms with Crippen LogP contribution in [0.25, 0.3) is 0 Å². The summed E-state index contributed by atoms with van der Waals surface area (Å²) in [5, 5.41) is 6.84. The van der Waals surface area contributed by atoms with Gasteiger partial charge < -0.3 is 10.6 Å². The van der Waals surface area contributed by atoms with Crippen LogP contribution in [0.5, 0.6) is 0 Å². The minimum atomic E-state index is -3.58.